The molecule has 0 fully saturated rings. The molecule has 0 aliphatic heterocycles. The Hall–Kier alpha value is -3.60. The zero-order valence-electron chi connectivity index (χ0n) is 16.8. The molecule has 0 bridgehead atoms. The van der Waals surface area contributed by atoms with E-state index < -0.39 is 0 Å². The lowest BCUT2D eigenvalue weighted by Crippen LogP contribution is -2.17. The highest BCUT2D eigenvalue weighted by molar-refractivity contribution is 5.95. The minimum atomic E-state index is -0.251. The number of hydrazone groups is 1. The van der Waals surface area contributed by atoms with E-state index in [2.05, 4.69) is 10.5 Å². The third-order valence-corrected chi connectivity index (χ3v) is 4.57. The van der Waals surface area contributed by atoms with Gasteiger partial charge in [0.15, 0.2) is 11.5 Å². The van der Waals surface area contributed by atoms with Gasteiger partial charge in [-0.25, -0.2) is 5.43 Å². The molecule has 0 saturated heterocycles. The van der Waals surface area contributed by atoms with Gasteiger partial charge in [0.05, 0.1) is 13.3 Å². The molecule has 0 unspecified atom stereocenters. The van der Waals surface area contributed by atoms with Gasteiger partial charge in [-0.3, -0.25) is 4.79 Å². The van der Waals surface area contributed by atoms with Gasteiger partial charge in [-0.1, -0.05) is 36.4 Å². The van der Waals surface area contributed by atoms with Gasteiger partial charge in [-0.15, -0.1) is 0 Å². The molecule has 1 amide bonds. The van der Waals surface area contributed by atoms with Crippen LogP contribution in [0.1, 0.15) is 32.6 Å². The molecule has 0 aliphatic rings. The number of hydrogen-bond acceptors (Lipinski definition) is 4. The number of ether oxygens (including phenoxy) is 2. The fourth-order valence-electron chi connectivity index (χ4n) is 2.73. The maximum Gasteiger partial charge on any atom is 0.271 e. The molecule has 29 heavy (non-hydrogen) atoms. The second-order valence-corrected chi connectivity index (χ2v) is 6.68. The van der Waals surface area contributed by atoms with Crippen LogP contribution in [-0.2, 0) is 6.61 Å². The average molecular weight is 388 g/mol. The fraction of sp³-hybridized carbons (Fsp3) is 0.167. The summed E-state index contributed by atoms with van der Waals surface area (Å²) in [6.07, 6.45) is 1.57. The fourth-order valence-corrected chi connectivity index (χ4v) is 2.73. The number of methoxy groups -OCH3 is 1. The van der Waals surface area contributed by atoms with Crippen LogP contribution in [0.5, 0.6) is 11.5 Å². The molecule has 5 nitrogen and oxygen atoms in total. The van der Waals surface area contributed by atoms with Crippen LogP contribution < -0.4 is 14.9 Å². The molecule has 0 radical (unpaired) electrons. The van der Waals surface area contributed by atoms with E-state index in [9.17, 15) is 4.79 Å². The van der Waals surface area contributed by atoms with Gasteiger partial charge >= 0.3 is 0 Å². The van der Waals surface area contributed by atoms with Crippen molar-refractivity contribution in [3.63, 3.8) is 0 Å². The number of hydrogen-bond donors (Lipinski definition) is 1. The number of rotatable bonds is 7. The molecule has 3 aromatic carbocycles. The number of benzene rings is 3. The van der Waals surface area contributed by atoms with Gasteiger partial charge in [0.2, 0.25) is 0 Å². The van der Waals surface area contributed by atoms with Crippen LogP contribution in [0, 0.1) is 13.8 Å². The van der Waals surface area contributed by atoms with E-state index in [4.69, 9.17) is 9.47 Å². The average Bonchev–Trinajstić information content (AvgIpc) is 2.75. The maximum absolute atomic E-state index is 12.2. The van der Waals surface area contributed by atoms with Crippen molar-refractivity contribution in [2.24, 2.45) is 5.10 Å². The molecule has 0 aromatic heterocycles. The van der Waals surface area contributed by atoms with E-state index in [0.717, 1.165) is 22.3 Å². The van der Waals surface area contributed by atoms with Crippen molar-refractivity contribution in [2.45, 2.75) is 20.5 Å². The summed E-state index contributed by atoms with van der Waals surface area (Å²) < 4.78 is 11.3. The number of nitrogens with one attached hydrogen (secondary N) is 1. The summed E-state index contributed by atoms with van der Waals surface area (Å²) in [4.78, 5) is 12.2. The highest BCUT2D eigenvalue weighted by Crippen LogP contribution is 2.28. The zero-order chi connectivity index (χ0) is 20.6. The normalized spacial score (nSPS) is 10.7. The molecule has 0 heterocycles. The molecule has 3 rings (SSSR count). The topological polar surface area (TPSA) is 59.9 Å². The van der Waals surface area contributed by atoms with Gasteiger partial charge in [0.25, 0.3) is 5.91 Å². The highest BCUT2D eigenvalue weighted by Gasteiger charge is 2.07. The summed E-state index contributed by atoms with van der Waals surface area (Å²) in [6.45, 7) is 4.44. The minimum Gasteiger partial charge on any atom is -0.493 e. The van der Waals surface area contributed by atoms with E-state index >= 15 is 0 Å². The van der Waals surface area contributed by atoms with E-state index in [1.165, 1.54) is 0 Å². The molecule has 0 aliphatic carbocycles. The van der Waals surface area contributed by atoms with E-state index in [1.807, 2.05) is 74.5 Å². The van der Waals surface area contributed by atoms with Crippen LogP contribution >= 0.6 is 0 Å². The molecule has 3 aromatic rings. The number of amides is 1. The lowest BCUT2D eigenvalue weighted by Gasteiger charge is -2.11. The second-order valence-electron chi connectivity index (χ2n) is 6.68. The maximum atomic E-state index is 12.2. The largest absolute Gasteiger partial charge is 0.493 e. The Balaban J connectivity index is 1.63. The van der Waals surface area contributed by atoms with Crippen LogP contribution in [0.25, 0.3) is 0 Å². The van der Waals surface area contributed by atoms with E-state index in [-0.39, 0.29) is 5.91 Å². The first kappa shape index (κ1) is 20.1. The van der Waals surface area contributed by atoms with Gasteiger partial charge in [-0.05, 0) is 66.4 Å². The lowest BCUT2D eigenvalue weighted by molar-refractivity contribution is 0.0955. The molecule has 0 saturated carbocycles. The Labute approximate surface area is 171 Å². The summed E-state index contributed by atoms with van der Waals surface area (Å²) >= 11 is 0. The van der Waals surface area contributed by atoms with Crippen LogP contribution in [0.15, 0.2) is 71.8 Å². The number of nitrogens with zero attached hydrogens (tertiary/aromatic N) is 1. The minimum absolute atomic E-state index is 0.251. The van der Waals surface area contributed by atoms with Crippen molar-refractivity contribution in [1.29, 1.82) is 0 Å². The SMILES string of the molecule is COc1cc(C=NNC(=O)c2ccc(C)c(C)c2)ccc1OCc1ccccc1. The zero-order valence-corrected chi connectivity index (χ0v) is 16.8. The third kappa shape index (κ3) is 5.45. The van der Waals surface area contributed by atoms with Gasteiger partial charge in [0.1, 0.15) is 6.61 Å². The standard InChI is InChI=1S/C24H24N2O3/c1-17-9-11-21(13-18(17)2)24(27)26-25-15-20-10-12-22(23(14-20)28-3)29-16-19-7-5-4-6-8-19/h4-15H,16H2,1-3H3,(H,26,27). The van der Waals surface area contributed by atoms with E-state index in [0.29, 0.717) is 23.7 Å². The number of carbonyl (C=O) groups is 1. The molecule has 5 heteroatoms. The number of aryl methyl sites for hydroxylation is 2. The summed E-state index contributed by atoms with van der Waals surface area (Å²) in [5.41, 5.74) is 7.20. The van der Waals surface area contributed by atoms with E-state index in [1.54, 1.807) is 19.4 Å². The quantitative estimate of drug-likeness (QED) is 0.473. The smallest absolute Gasteiger partial charge is 0.271 e. The first-order valence-electron chi connectivity index (χ1n) is 9.32. The van der Waals surface area contributed by atoms with Crippen molar-refractivity contribution in [3.05, 3.63) is 94.5 Å². The number of carbonyl (C=O) groups excluding carboxylic acids is 1. The molecule has 0 spiro atoms. The lowest BCUT2D eigenvalue weighted by atomic mass is 10.1. The van der Waals surface area contributed by atoms with Gasteiger partial charge in [0, 0.05) is 5.56 Å². The van der Waals surface area contributed by atoms with Crippen LogP contribution in [-0.4, -0.2) is 19.2 Å². The first-order chi connectivity index (χ1) is 14.1. The Morgan fingerprint density at radius 2 is 1.76 bits per heavy atom. The molecule has 0 atom stereocenters. The first-order valence-corrected chi connectivity index (χ1v) is 9.32. The van der Waals surface area contributed by atoms with Crippen molar-refractivity contribution in [2.75, 3.05) is 7.11 Å². The monoisotopic (exact) mass is 388 g/mol. The molecular weight excluding hydrogens is 364 g/mol. The van der Waals surface area contributed by atoms with Crippen molar-refractivity contribution in [3.8, 4) is 11.5 Å². The predicted molar refractivity (Wildman–Crippen MR) is 115 cm³/mol. The summed E-state index contributed by atoms with van der Waals surface area (Å²) in [7, 11) is 1.59. The Bertz CT molecular complexity index is 1010. The summed E-state index contributed by atoms with van der Waals surface area (Å²) in [5.74, 6) is 0.997. The molecule has 148 valence electrons. The molecule has 1 N–H and O–H groups in total. The predicted octanol–water partition coefficient (Wildman–Crippen LogP) is 4.65. The van der Waals surface area contributed by atoms with Gasteiger partial charge < -0.3 is 9.47 Å². The Kier molecular flexibility index (Phi) is 6.63. The summed E-state index contributed by atoms with van der Waals surface area (Å²) in [6, 6.07) is 21.0. The Morgan fingerprint density at radius 3 is 2.48 bits per heavy atom. The van der Waals surface area contributed by atoms with Crippen LogP contribution in [0.2, 0.25) is 0 Å². The van der Waals surface area contributed by atoms with Gasteiger partial charge in [-0.2, -0.15) is 5.10 Å². The molecular formula is C24H24N2O3. The summed E-state index contributed by atoms with van der Waals surface area (Å²) in [5, 5.41) is 4.05. The highest BCUT2D eigenvalue weighted by atomic mass is 16.5. The van der Waals surface area contributed by atoms with Crippen LogP contribution in [0.3, 0.4) is 0 Å². The second kappa shape index (κ2) is 9.55. The Morgan fingerprint density at radius 1 is 0.966 bits per heavy atom. The third-order valence-electron chi connectivity index (χ3n) is 4.57. The van der Waals surface area contributed by atoms with Crippen LogP contribution in [0.4, 0.5) is 0 Å². The van der Waals surface area contributed by atoms with Crippen molar-refractivity contribution >= 4 is 12.1 Å². The van der Waals surface area contributed by atoms with Crippen molar-refractivity contribution < 1.29 is 14.3 Å². The van der Waals surface area contributed by atoms with Crippen molar-refractivity contribution in [1.82, 2.24) is 5.43 Å².